The fraction of sp³-hybridized carbons (Fsp3) is 0.227. The molecule has 6 nitrogen and oxygen atoms in total. The van der Waals surface area contributed by atoms with Gasteiger partial charge in [0.1, 0.15) is 0 Å². The maximum atomic E-state index is 13.4. The maximum Gasteiger partial charge on any atom is 0.243 e. The highest BCUT2D eigenvalue weighted by atomic mass is 32.2. The van der Waals surface area contributed by atoms with Crippen LogP contribution in [0.1, 0.15) is 23.6 Å². The molecule has 0 aliphatic carbocycles. The zero-order valence-corrected chi connectivity index (χ0v) is 18.5. The fourth-order valence-electron chi connectivity index (χ4n) is 3.01. The smallest absolute Gasteiger partial charge is 0.243 e. The molecule has 0 amide bonds. The molecule has 0 aliphatic rings. The van der Waals surface area contributed by atoms with Gasteiger partial charge in [0.05, 0.1) is 9.79 Å². The number of sulfonamides is 1. The van der Waals surface area contributed by atoms with Crippen molar-refractivity contribution in [1.29, 1.82) is 0 Å². The molecule has 8 heteroatoms. The highest BCUT2D eigenvalue weighted by molar-refractivity contribution is 7.90. The van der Waals surface area contributed by atoms with Crippen molar-refractivity contribution >= 4 is 19.9 Å². The summed E-state index contributed by atoms with van der Waals surface area (Å²) < 4.78 is 51.5. The summed E-state index contributed by atoms with van der Waals surface area (Å²) in [5.41, 5.74) is 2.81. The van der Waals surface area contributed by atoms with Gasteiger partial charge in [-0.2, -0.15) is 4.31 Å². The van der Waals surface area contributed by atoms with Crippen LogP contribution in [0.3, 0.4) is 0 Å². The van der Waals surface area contributed by atoms with Crippen LogP contribution in [0.4, 0.5) is 0 Å². The fourth-order valence-corrected chi connectivity index (χ4v) is 5.06. The molecule has 0 saturated carbocycles. The van der Waals surface area contributed by atoms with Gasteiger partial charge in [0.25, 0.3) is 0 Å². The van der Waals surface area contributed by atoms with E-state index in [2.05, 4.69) is 11.9 Å². The van der Waals surface area contributed by atoms with E-state index in [-0.39, 0.29) is 22.9 Å². The highest BCUT2D eigenvalue weighted by Gasteiger charge is 2.25. The predicted octanol–water partition coefficient (Wildman–Crippen LogP) is 3.44. The minimum absolute atomic E-state index is 0.0453. The molecule has 0 spiro atoms. The van der Waals surface area contributed by atoms with Crippen molar-refractivity contribution < 1.29 is 16.8 Å². The topological polar surface area (TPSA) is 84.4 Å². The summed E-state index contributed by atoms with van der Waals surface area (Å²) in [6, 6.07) is 16.7. The highest BCUT2D eigenvalue weighted by Crippen LogP contribution is 2.23. The number of aromatic nitrogens is 1. The molecular formula is C22H24N2O4S2. The van der Waals surface area contributed by atoms with Gasteiger partial charge in [-0.05, 0) is 53.4 Å². The zero-order chi connectivity index (χ0) is 21.8. The lowest BCUT2D eigenvalue weighted by atomic mass is 10.1. The van der Waals surface area contributed by atoms with E-state index >= 15 is 0 Å². The Bertz CT molecular complexity index is 1190. The molecule has 3 aromatic rings. The van der Waals surface area contributed by atoms with Gasteiger partial charge in [0, 0.05) is 31.7 Å². The molecule has 3 rings (SSSR count). The molecule has 158 valence electrons. The Labute approximate surface area is 178 Å². The molecule has 0 bridgehead atoms. The van der Waals surface area contributed by atoms with Crippen LogP contribution >= 0.6 is 0 Å². The van der Waals surface area contributed by atoms with Crippen LogP contribution in [-0.2, 0) is 39.4 Å². The van der Waals surface area contributed by atoms with Crippen molar-refractivity contribution in [2.24, 2.45) is 0 Å². The van der Waals surface area contributed by atoms with Crippen molar-refractivity contribution in [2.45, 2.75) is 36.2 Å². The van der Waals surface area contributed by atoms with E-state index in [0.717, 1.165) is 23.8 Å². The Morgan fingerprint density at radius 2 is 1.33 bits per heavy atom. The van der Waals surface area contributed by atoms with Gasteiger partial charge in [-0.1, -0.05) is 37.3 Å². The lowest BCUT2D eigenvalue weighted by molar-refractivity contribution is 0.400. The van der Waals surface area contributed by atoms with E-state index in [9.17, 15) is 16.8 Å². The first-order chi connectivity index (χ1) is 14.2. The first-order valence-electron chi connectivity index (χ1n) is 9.47. The van der Waals surface area contributed by atoms with Crippen molar-refractivity contribution in [1.82, 2.24) is 9.29 Å². The summed E-state index contributed by atoms with van der Waals surface area (Å²) in [6.07, 6.45) is 5.26. The van der Waals surface area contributed by atoms with E-state index in [4.69, 9.17) is 0 Å². The Balaban J connectivity index is 1.96. The van der Waals surface area contributed by atoms with E-state index in [1.165, 1.54) is 34.1 Å². The zero-order valence-electron chi connectivity index (χ0n) is 16.9. The third-order valence-corrected chi connectivity index (χ3v) is 7.70. The SMILES string of the molecule is CCc1ccc(CN(Cc2cccnc2)S(=O)(=O)c2ccc(S(C)(=O)=O)cc2)cc1. The van der Waals surface area contributed by atoms with Gasteiger partial charge in [-0.3, -0.25) is 4.98 Å². The number of benzene rings is 2. The molecule has 0 saturated heterocycles. The average molecular weight is 445 g/mol. The normalized spacial score (nSPS) is 12.2. The summed E-state index contributed by atoms with van der Waals surface area (Å²) in [5, 5.41) is 0. The molecule has 0 radical (unpaired) electrons. The molecule has 2 aromatic carbocycles. The van der Waals surface area contributed by atoms with Crippen molar-refractivity contribution in [3.63, 3.8) is 0 Å². The van der Waals surface area contributed by atoms with E-state index in [0.29, 0.717) is 0 Å². The van der Waals surface area contributed by atoms with Crippen molar-refractivity contribution in [3.05, 3.63) is 89.7 Å². The molecule has 30 heavy (non-hydrogen) atoms. The van der Waals surface area contributed by atoms with Crippen LogP contribution < -0.4 is 0 Å². The molecular weight excluding hydrogens is 420 g/mol. The van der Waals surface area contributed by atoms with Gasteiger partial charge < -0.3 is 0 Å². The third kappa shape index (κ3) is 5.33. The Morgan fingerprint density at radius 1 is 0.767 bits per heavy atom. The maximum absolute atomic E-state index is 13.4. The second-order valence-electron chi connectivity index (χ2n) is 7.05. The molecule has 0 fully saturated rings. The van der Waals surface area contributed by atoms with Crippen molar-refractivity contribution in [3.8, 4) is 0 Å². The number of pyridine rings is 1. The predicted molar refractivity (Wildman–Crippen MR) is 116 cm³/mol. The molecule has 0 unspecified atom stereocenters. The summed E-state index contributed by atoms with van der Waals surface area (Å²) in [7, 11) is -7.27. The van der Waals surface area contributed by atoms with Crippen LogP contribution in [0.25, 0.3) is 0 Å². The summed E-state index contributed by atoms with van der Waals surface area (Å²) >= 11 is 0. The van der Waals surface area contributed by atoms with Gasteiger partial charge in [-0.15, -0.1) is 0 Å². The lowest BCUT2D eigenvalue weighted by Gasteiger charge is -2.23. The third-order valence-electron chi connectivity index (χ3n) is 4.76. The van der Waals surface area contributed by atoms with Crippen LogP contribution in [0, 0.1) is 0 Å². The largest absolute Gasteiger partial charge is 0.264 e. The number of nitrogens with zero attached hydrogens (tertiary/aromatic N) is 2. The summed E-state index contributed by atoms with van der Waals surface area (Å²) in [6.45, 7) is 2.41. The van der Waals surface area contributed by atoms with Gasteiger partial charge in [0.15, 0.2) is 9.84 Å². The van der Waals surface area contributed by atoms with E-state index in [1.807, 2.05) is 30.3 Å². The minimum atomic E-state index is -3.86. The van der Waals surface area contributed by atoms with E-state index in [1.54, 1.807) is 18.5 Å². The second kappa shape index (κ2) is 9.07. The van der Waals surface area contributed by atoms with Crippen LogP contribution in [0.2, 0.25) is 0 Å². The van der Waals surface area contributed by atoms with Gasteiger partial charge in [-0.25, -0.2) is 16.8 Å². The molecule has 0 atom stereocenters. The molecule has 1 aromatic heterocycles. The number of sulfone groups is 1. The minimum Gasteiger partial charge on any atom is -0.264 e. The first kappa shape index (κ1) is 22.1. The first-order valence-corrected chi connectivity index (χ1v) is 12.8. The number of aryl methyl sites for hydroxylation is 1. The Morgan fingerprint density at radius 3 is 1.87 bits per heavy atom. The average Bonchev–Trinajstić information content (AvgIpc) is 2.74. The van der Waals surface area contributed by atoms with Crippen molar-refractivity contribution in [2.75, 3.05) is 6.26 Å². The van der Waals surface area contributed by atoms with E-state index < -0.39 is 19.9 Å². The summed E-state index contributed by atoms with van der Waals surface area (Å²) in [4.78, 5) is 4.20. The molecule has 0 N–H and O–H groups in total. The van der Waals surface area contributed by atoms with Crippen LogP contribution in [0.5, 0.6) is 0 Å². The van der Waals surface area contributed by atoms with Crippen LogP contribution in [0.15, 0.2) is 82.8 Å². The second-order valence-corrected chi connectivity index (χ2v) is 11.0. The van der Waals surface area contributed by atoms with Crippen LogP contribution in [-0.4, -0.2) is 32.4 Å². The summed E-state index contributed by atoms with van der Waals surface area (Å²) in [5.74, 6) is 0. The number of rotatable bonds is 8. The lowest BCUT2D eigenvalue weighted by Crippen LogP contribution is -2.30. The van der Waals surface area contributed by atoms with Gasteiger partial charge in [0.2, 0.25) is 10.0 Å². The number of hydrogen-bond acceptors (Lipinski definition) is 5. The molecule has 0 aliphatic heterocycles. The molecule has 1 heterocycles. The monoisotopic (exact) mass is 444 g/mol. The Kier molecular flexibility index (Phi) is 6.70. The standard InChI is InChI=1S/C22H24N2O4S2/c1-3-18-6-8-19(9-7-18)16-24(17-20-5-4-14-23-15-20)30(27,28)22-12-10-21(11-13-22)29(2,25)26/h4-15H,3,16-17H2,1-2H3. The Hall–Kier alpha value is -2.55. The van der Waals surface area contributed by atoms with Gasteiger partial charge >= 0.3 is 0 Å². The quantitative estimate of drug-likeness (QED) is 0.531. The number of hydrogen-bond donors (Lipinski definition) is 0.